The van der Waals surface area contributed by atoms with E-state index in [2.05, 4.69) is 17.1 Å². The summed E-state index contributed by atoms with van der Waals surface area (Å²) < 4.78 is 0. The first-order valence-electron chi connectivity index (χ1n) is 5.53. The maximum atomic E-state index is 10.7. The molecule has 2 aromatic rings. The fourth-order valence-electron chi connectivity index (χ4n) is 1.82. The number of carbonyl (C=O) groups is 1. The van der Waals surface area contributed by atoms with Crippen LogP contribution in [0.4, 0.5) is 0 Å². The second-order valence-corrected chi connectivity index (χ2v) is 5.10. The molecule has 0 radical (unpaired) electrons. The minimum Gasteiger partial charge on any atom is -0.476 e. The smallest absolute Gasteiger partial charge is 0.355 e. The van der Waals surface area contributed by atoms with Gasteiger partial charge in [-0.2, -0.15) is 0 Å². The van der Waals surface area contributed by atoms with Crippen LogP contribution in [-0.4, -0.2) is 16.1 Å². The minimum absolute atomic E-state index is 0.122. The second-order valence-electron chi connectivity index (χ2n) is 4.24. The lowest BCUT2D eigenvalue weighted by Gasteiger charge is -1.99. The molecule has 1 heterocycles. The lowest BCUT2D eigenvalue weighted by molar-refractivity contribution is 0.0691. The predicted octanol–water partition coefficient (Wildman–Crippen LogP) is 3.39. The first-order chi connectivity index (χ1) is 8.24. The minimum atomic E-state index is -0.970. The standard InChI is InChI=1S/C13H11NO2S/c15-13(16)11-7-17-12(14-11)10-5-3-9(4-6-10)8-1-2-8/h3-8H,1-2H2,(H,15,16). The van der Waals surface area contributed by atoms with Gasteiger partial charge in [0.15, 0.2) is 5.69 Å². The molecule has 0 unspecified atom stereocenters. The SMILES string of the molecule is O=C(O)c1csc(-c2ccc(C3CC3)cc2)n1. The van der Waals surface area contributed by atoms with Crippen LogP contribution in [-0.2, 0) is 0 Å². The van der Waals surface area contributed by atoms with E-state index >= 15 is 0 Å². The number of carboxylic acid groups (broad SMARTS) is 1. The summed E-state index contributed by atoms with van der Waals surface area (Å²) in [5.41, 5.74) is 2.49. The van der Waals surface area contributed by atoms with Gasteiger partial charge in [0.05, 0.1) is 0 Å². The Morgan fingerprint density at radius 2 is 2.00 bits per heavy atom. The van der Waals surface area contributed by atoms with Crippen molar-refractivity contribution in [3.8, 4) is 10.6 Å². The molecule has 3 nitrogen and oxygen atoms in total. The molecule has 1 aliphatic carbocycles. The van der Waals surface area contributed by atoms with Crippen molar-refractivity contribution in [1.82, 2.24) is 4.98 Å². The second kappa shape index (κ2) is 3.96. The molecular weight excluding hydrogens is 234 g/mol. The number of hydrogen-bond donors (Lipinski definition) is 1. The van der Waals surface area contributed by atoms with Gasteiger partial charge in [-0.05, 0) is 24.3 Å². The van der Waals surface area contributed by atoms with E-state index in [4.69, 9.17) is 5.11 Å². The van der Waals surface area contributed by atoms with Gasteiger partial charge < -0.3 is 5.11 Å². The summed E-state index contributed by atoms with van der Waals surface area (Å²) in [6.45, 7) is 0. The zero-order valence-electron chi connectivity index (χ0n) is 9.09. The molecule has 1 saturated carbocycles. The highest BCUT2D eigenvalue weighted by atomic mass is 32.1. The molecule has 3 rings (SSSR count). The third kappa shape index (κ3) is 2.08. The van der Waals surface area contributed by atoms with Crippen LogP contribution in [0.3, 0.4) is 0 Å². The Balaban J connectivity index is 1.88. The van der Waals surface area contributed by atoms with Crippen LogP contribution in [0, 0.1) is 0 Å². The molecule has 1 fully saturated rings. The summed E-state index contributed by atoms with van der Waals surface area (Å²) in [7, 11) is 0. The van der Waals surface area contributed by atoms with E-state index < -0.39 is 5.97 Å². The number of carboxylic acids is 1. The lowest BCUT2D eigenvalue weighted by atomic mass is 10.1. The van der Waals surface area contributed by atoms with Gasteiger partial charge in [-0.15, -0.1) is 11.3 Å². The Bertz CT molecular complexity index is 555. The van der Waals surface area contributed by atoms with Crippen LogP contribution in [0.25, 0.3) is 10.6 Å². The molecule has 0 atom stereocenters. The van der Waals surface area contributed by atoms with Gasteiger partial charge in [-0.3, -0.25) is 0 Å². The third-order valence-electron chi connectivity index (χ3n) is 2.93. The van der Waals surface area contributed by atoms with Gasteiger partial charge in [0.2, 0.25) is 0 Å². The Kier molecular flexibility index (Phi) is 2.44. The van der Waals surface area contributed by atoms with Gasteiger partial charge in [-0.25, -0.2) is 9.78 Å². The molecule has 17 heavy (non-hydrogen) atoms. The molecule has 0 bridgehead atoms. The van der Waals surface area contributed by atoms with E-state index in [1.165, 1.54) is 29.7 Å². The van der Waals surface area contributed by atoms with E-state index in [0.29, 0.717) is 0 Å². The summed E-state index contributed by atoms with van der Waals surface area (Å²) in [4.78, 5) is 14.8. The zero-order chi connectivity index (χ0) is 11.8. The normalized spacial score (nSPS) is 14.8. The number of rotatable bonds is 3. The number of aromatic nitrogens is 1. The van der Waals surface area contributed by atoms with Crippen molar-refractivity contribution in [3.05, 3.63) is 40.9 Å². The summed E-state index contributed by atoms with van der Waals surface area (Å²) in [5.74, 6) is -0.225. The van der Waals surface area contributed by atoms with Crippen molar-refractivity contribution in [1.29, 1.82) is 0 Å². The summed E-state index contributed by atoms with van der Waals surface area (Å²) in [6, 6.07) is 8.29. The van der Waals surface area contributed by atoms with E-state index in [9.17, 15) is 4.79 Å². The van der Waals surface area contributed by atoms with Crippen LogP contribution in [0.1, 0.15) is 34.8 Å². The molecular formula is C13H11NO2S. The molecule has 1 aromatic carbocycles. The Labute approximate surface area is 103 Å². The quantitative estimate of drug-likeness (QED) is 0.901. The third-order valence-corrected chi connectivity index (χ3v) is 3.82. The van der Waals surface area contributed by atoms with Crippen molar-refractivity contribution >= 4 is 17.3 Å². The molecule has 0 aliphatic heterocycles. The summed E-state index contributed by atoms with van der Waals surface area (Å²) >= 11 is 1.37. The maximum absolute atomic E-state index is 10.7. The van der Waals surface area contributed by atoms with Crippen LogP contribution in [0.2, 0.25) is 0 Å². The van der Waals surface area contributed by atoms with Crippen molar-refractivity contribution in [2.24, 2.45) is 0 Å². The fraction of sp³-hybridized carbons (Fsp3) is 0.231. The molecule has 0 spiro atoms. The predicted molar refractivity (Wildman–Crippen MR) is 66.5 cm³/mol. The van der Waals surface area contributed by atoms with Gasteiger partial charge in [0.25, 0.3) is 0 Å². The van der Waals surface area contributed by atoms with Gasteiger partial charge >= 0.3 is 5.97 Å². The van der Waals surface area contributed by atoms with Crippen LogP contribution >= 0.6 is 11.3 Å². The Hall–Kier alpha value is -1.68. The Morgan fingerprint density at radius 1 is 1.29 bits per heavy atom. The highest BCUT2D eigenvalue weighted by molar-refractivity contribution is 7.13. The Morgan fingerprint density at radius 3 is 2.53 bits per heavy atom. The molecule has 4 heteroatoms. The molecule has 86 valence electrons. The summed E-state index contributed by atoms with van der Waals surface area (Å²) in [5, 5.41) is 11.2. The van der Waals surface area contributed by atoms with Crippen LogP contribution in [0.5, 0.6) is 0 Å². The summed E-state index contributed by atoms with van der Waals surface area (Å²) in [6.07, 6.45) is 2.58. The average molecular weight is 245 g/mol. The van der Waals surface area contributed by atoms with E-state index in [1.807, 2.05) is 12.1 Å². The van der Waals surface area contributed by atoms with E-state index in [0.717, 1.165) is 16.5 Å². The average Bonchev–Trinajstić information content (AvgIpc) is 3.06. The van der Waals surface area contributed by atoms with Gasteiger partial charge in [0.1, 0.15) is 5.01 Å². The monoisotopic (exact) mass is 245 g/mol. The van der Waals surface area contributed by atoms with Crippen molar-refractivity contribution in [2.45, 2.75) is 18.8 Å². The topological polar surface area (TPSA) is 50.2 Å². The number of thiazole rings is 1. The van der Waals surface area contributed by atoms with Crippen molar-refractivity contribution in [2.75, 3.05) is 0 Å². The fourth-order valence-corrected chi connectivity index (χ4v) is 2.62. The van der Waals surface area contributed by atoms with Crippen LogP contribution in [0.15, 0.2) is 29.6 Å². The first kappa shape index (κ1) is 10.5. The highest BCUT2D eigenvalue weighted by Gasteiger charge is 2.23. The number of hydrogen-bond acceptors (Lipinski definition) is 3. The molecule has 0 saturated heterocycles. The molecule has 0 amide bonds. The zero-order valence-corrected chi connectivity index (χ0v) is 9.91. The molecule has 1 aliphatic rings. The van der Waals surface area contributed by atoms with Crippen LogP contribution < -0.4 is 0 Å². The molecule has 1 aromatic heterocycles. The maximum Gasteiger partial charge on any atom is 0.355 e. The number of benzene rings is 1. The largest absolute Gasteiger partial charge is 0.476 e. The number of nitrogens with zero attached hydrogens (tertiary/aromatic N) is 1. The van der Waals surface area contributed by atoms with Crippen molar-refractivity contribution < 1.29 is 9.90 Å². The van der Waals surface area contributed by atoms with Crippen molar-refractivity contribution in [3.63, 3.8) is 0 Å². The van der Waals surface area contributed by atoms with E-state index in [1.54, 1.807) is 5.38 Å². The van der Waals surface area contributed by atoms with Gasteiger partial charge in [-0.1, -0.05) is 24.3 Å². The van der Waals surface area contributed by atoms with Gasteiger partial charge in [0, 0.05) is 10.9 Å². The lowest BCUT2D eigenvalue weighted by Crippen LogP contribution is -1.95. The highest BCUT2D eigenvalue weighted by Crippen LogP contribution is 2.40. The first-order valence-corrected chi connectivity index (χ1v) is 6.41. The van der Waals surface area contributed by atoms with E-state index in [-0.39, 0.29) is 5.69 Å². The molecule has 1 N–H and O–H groups in total. The number of aromatic carboxylic acids is 1.